The Bertz CT molecular complexity index is 976. The molecular formula is C16H18N6O4. The molecule has 3 aromatic rings. The van der Waals surface area contributed by atoms with Gasteiger partial charge in [0.25, 0.3) is 11.7 Å². The first-order valence-corrected chi connectivity index (χ1v) is 7.95. The van der Waals surface area contributed by atoms with E-state index < -0.39 is 18.0 Å². The zero-order valence-corrected chi connectivity index (χ0v) is 14.8. The molecule has 10 heteroatoms. The van der Waals surface area contributed by atoms with E-state index in [4.69, 9.17) is 9.26 Å². The maximum Gasteiger partial charge on any atom is 0.314 e. The van der Waals surface area contributed by atoms with Crippen LogP contribution >= 0.6 is 0 Å². The van der Waals surface area contributed by atoms with Crippen LogP contribution in [-0.2, 0) is 20.7 Å². The molecule has 0 spiro atoms. The first-order chi connectivity index (χ1) is 12.3. The Morgan fingerprint density at radius 3 is 2.69 bits per heavy atom. The molecule has 3 heterocycles. The topological polar surface area (TPSA) is 125 Å². The van der Waals surface area contributed by atoms with Crippen LogP contribution in [0.1, 0.15) is 29.8 Å². The third-order valence-corrected chi connectivity index (χ3v) is 3.52. The summed E-state index contributed by atoms with van der Waals surface area (Å²) in [6.45, 7) is 6.91. The summed E-state index contributed by atoms with van der Waals surface area (Å²) in [5, 5.41) is 10.4. The van der Waals surface area contributed by atoms with Gasteiger partial charge in [0, 0.05) is 17.5 Å². The van der Waals surface area contributed by atoms with Crippen LogP contribution in [0.5, 0.6) is 0 Å². The molecule has 1 atom stereocenters. The Morgan fingerprint density at radius 2 is 2.00 bits per heavy atom. The number of aromatic nitrogens is 5. The molecule has 1 unspecified atom stereocenters. The first kappa shape index (κ1) is 17.5. The normalized spacial score (nSPS) is 12.2. The summed E-state index contributed by atoms with van der Waals surface area (Å²) < 4.78 is 11.6. The van der Waals surface area contributed by atoms with Crippen molar-refractivity contribution >= 4 is 23.5 Å². The highest BCUT2D eigenvalue weighted by Crippen LogP contribution is 2.10. The number of hydrogen-bond donors (Lipinski definition) is 1. The maximum absolute atomic E-state index is 12.1. The van der Waals surface area contributed by atoms with Crippen LogP contribution in [-0.4, -0.2) is 42.7 Å². The largest absolute Gasteiger partial charge is 0.452 e. The van der Waals surface area contributed by atoms with Crippen molar-refractivity contribution in [2.45, 2.75) is 40.2 Å². The zero-order valence-electron chi connectivity index (χ0n) is 14.8. The number of amides is 1. The Morgan fingerprint density at radius 1 is 1.23 bits per heavy atom. The highest BCUT2D eigenvalue weighted by Gasteiger charge is 2.21. The molecule has 136 valence electrons. The van der Waals surface area contributed by atoms with Crippen molar-refractivity contribution in [3.05, 3.63) is 35.0 Å². The molecule has 1 N–H and O–H groups in total. The molecule has 3 rings (SSSR count). The fourth-order valence-corrected chi connectivity index (χ4v) is 2.35. The van der Waals surface area contributed by atoms with Gasteiger partial charge in [-0.1, -0.05) is 5.16 Å². The van der Waals surface area contributed by atoms with E-state index in [1.807, 2.05) is 19.9 Å². The van der Waals surface area contributed by atoms with Gasteiger partial charge in [-0.05, 0) is 33.8 Å². The molecule has 0 aromatic carbocycles. The molecule has 10 nitrogen and oxygen atoms in total. The summed E-state index contributed by atoms with van der Waals surface area (Å²) in [7, 11) is 0. The van der Waals surface area contributed by atoms with Crippen LogP contribution in [0.4, 0.5) is 5.88 Å². The number of nitrogens with zero attached hydrogens (tertiary/aromatic N) is 5. The molecule has 0 aliphatic rings. The van der Waals surface area contributed by atoms with Crippen LogP contribution in [0.25, 0.3) is 5.78 Å². The molecule has 0 aliphatic heterocycles. The highest BCUT2D eigenvalue weighted by atomic mass is 16.5. The van der Waals surface area contributed by atoms with Crippen molar-refractivity contribution in [1.82, 2.24) is 24.7 Å². The van der Waals surface area contributed by atoms with Crippen LogP contribution in [0.2, 0.25) is 0 Å². The number of ether oxygens (including phenoxy) is 1. The van der Waals surface area contributed by atoms with Crippen molar-refractivity contribution in [3.63, 3.8) is 0 Å². The predicted octanol–water partition coefficient (Wildman–Crippen LogP) is 1.15. The smallest absolute Gasteiger partial charge is 0.314 e. The number of carbonyl (C=O) groups excluding carboxylic acids is 2. The minimum atomic E-state index is -1.01. The zero-order chi connectivity index (χ0) is 18.8. The molecule has 0 saturated heterocycles. The summed E-state index contributed by atoms with van der Waals surface area (Å²) in [6, 6.07) is 3.42. The minimum Gasteiger partial charge on any atom is -0.452 e. The maximum atomic E-state index is 12.1. The molecule has 0 fully saturated rings. The Labute approximate surface area is 148 Å². The van der Waals surface area contributed by atoms with E-state index in [2.05, 4.69) is 25.5 Å². The number of esters is 1. The molecule has 3 aromatic heterocycles. The lowest BCUT2D eigenvalue weighted by molar-refractivity contribution is -0.152. The van der Waals surface area contributed by atoms with E-state index in [1.54, 1.807) is 17.5 Å². The van der Waals surface area contributed by atoms with Gasteiger partial charge in [0.2, 0.25) is 5.88 Å². The van der Waals surface area contributed by atoms with Gasteiger partial charge in [-0.2, -0.15) is 4.98 Å². The number of carbonyl (C=O) groups is 2. The third-order valence-electron chi connectivity index (χ3n) is 3.52. The summed E-state index contributed by atoms with van der Waals surface area (Å²) in [5.41, 5.74) is 2.29. The van der Waals surface area contributed by atoms with Crippen molar-refractivity contribution < 1.29 is 18.8 Å². The molecule has 1 amide bonds. The van der Waals surface area contributed by atoms with Crippen molar-refractivity contribution in [3.8, 4) is 0 Å². The predicted molar refractivity (Wildman–Crippen MR) is 89.4 cm³/mol. The standard InChI is InChI=1S/C16H18N6O4/c1-8-5-10(3)22-16(17-8)18-12(20-22)7-14(23)25-11(4)15(24)19-13-6-9(2)21-26-13/h5-6,11H,7H2,1-4H3,(H,19,24). The van der Waals surface area contributed by atoms with E-state index in [1.165, 1.54) is 6.92 Å². The van der Waals surface area contributed by atoms with Crippen molar-refractivity contribution in [1.29, 1.82) is 0 Å². The average Bonchev–Trinajstić information content (AvgIpc) is 3.13. The van der Waals surface area contributed by atoms with Gasteiger partial charge in [-0.3, -0.25) is 14.9 Å². The molecular weight excluding hydrogens is 340 g/mol. The molecule has 0 bridgehead atoms. The van der Waals surface area contributed by atoms with Gasteiger partial charge in [0.15, 0.2) is 11.9 Å². The monoisotopic (exact) mass is 358 g/mol. The van der Waals surface area contributed by atoms with E-state index in [0.29, 0.717) is 11.5 Å². The lowest BCUT2D eigenvalue weighted by atomic mass is 10.3. The quantitative estimate of drug-likeness (QED) is 0.674. The van der Waals surface area contributed by atoms with E-state index in [9.17, 15) is 9.59 Å². The fraction of sp³-hybridized carbons (Fsp3) is 0.375. The lowest BCUT2D eigenvalue weighted by Gasteiger charge is -2.11. The van der Waals surface area contributed by atoms with Gasteiger partial charge >= 0.3 is 5.97 Å². The van der Waals surface area contributed by atoms with Crippen molar-refractivity contribution in [2.24, 2.45) is 0 Å². The second-order valence-corrected chi connectivity index (χ2v) is 5.91. The fourth-order valence-electron chi connectivity index (χ4n) is 2.35. The van der Waals surface area contributed by atoms with Crippen LogP contribution in [0.15, 0.2) is 16.7 Å². The van der Waals surface area contributed by atoms with Crippen LogP contribution in [0.3, 0.4) is 0 Å². The molecule has 0 aliphatic carbocycles. The highest BCUT2D eigenvalue weighted by molar-refractivity contribution is 5.94. The summed E-state index contributed by atoms with van der Waals surface area (Å²) in [6.07, 6.45) is -1.17. The number of hydrogen-bond acceptors (Lipinski definition) is 8. The SMILES string of the molecule is Cc1cc(NC(=O)C(C)OC(=O)Cc2nc3nc(C)cc(C)n3n2)on1. The average molecular weight is 358 g/mol. The number of fused-ring (bicyclic) bond motifs is 1. The molecule has 26 heavy (non-hydrogen) atoms. The van der Waals surface area contributed by atoms with Gasteiger partial charge in [0.05, 0.1) is 5.69 Å². The Hall–Kier alpha value is -3.30. The van der Waals surface area contributed by atoms with Gasteiger partial charge in [-0.25, -0.2) is 9.50 Å². The number of rotatable bonds is 5. The minimum absolute atomic E-state index is 0.166. The number of nitrogens with one attached hydrogen (secondary N) is 1. The van der Waals surface area contributed by atoms with Gasteiger partial charge in [0.1, 0.15) is 6.42 Å². The molecule has 0 saturated carbocycles. The number of aryl methyl sites for hydroxylation is 3. The lowest BCUT2D eigenvalue weighted by Crippen LogP contribution is -2.30. The second kappa shape index (κ2) is 6.90. The Balaban J connectivity index is 1.61. The van der Waals surface area contributed by atoms with Crippen LogP contribution in [0, 0.1) is 20.8 Å². The summed E-state index contributed by atoms with van der Waals surface area (Å²) in [5.74, 6) is -0.266. The van der Waals surface area contributed by atoms with Crippen molar-refractivity contribution in [2.75, 3.05) is 5.32 Å². The van der Waals surface area contributed by atoms with E-state index in [-0.39, 0.29) is 18.1 Å². The van der Waals surface area contributed by atoms with E-state index in [0.717, 1.165) is 11.4 Å². The third kappa shape index (κ3) is 3.85. The Kier molecular flexibility index (Phi) is 4.65. The van der Waals surface area contributed by atoms with Gasteiger partial charge in [-0.15, -0.1) is 5.10 Å². The molecule has 0 radical (unpaired) electrons. The second-order valence-electron chi connectivity index (χ2n) is 5.91. The summed E-state index contributed by atoms with van der Waals surface area (Å²) in [4.78, 5) is 32.5. The summed E-state index contributed by atoms with van der Waals surface area (Å²) >= 11 is 0. The first-order valence-electron chi connectivity index (χ1n) is 7.95. The van der Waals surface area contributed by atoms with Crippen LogP contribution < -0.4 is 5.32 Å². The van der Waals surface area contributed by atoms with E-state index >= 15 is 0 Å². The van der Waals surface area contributed by atoms with Gasteiger partial charge < -0.3 is 9.26 Å². The number of anilines is 1.